The van der Waals surface area contributed by atoms with Crippen LogP contribution in [0.2, 0.25) is 10.0 Å². The summed E-state index contributed by atoms with van der Waals surface area (Å²) in [6.07, 6.45) is 4.94. The van der Waals surface area contributed by atoms with Crippen LogP contribution in [-0.2, 0) is 6.54 Å². The van der Waals surface area contributed by atoms with E-state index in [4.69, 9.17) is 43.8 Å². The lowest BCUT2D eigenvalue weighted by atomic mass is 10.1. The number of primary amides is 1. The Hall–Kier alpha value is -4.21. The molecule has 0 unspecified atom stereocenters. The van der Waals surface area contributed by atoms with E-state index in [-0.39, 0.29) is 17.1 Å². The molecule has 9 nitrogen and oxygen atoms in total. The fourth-order valence-electron chi connectivity index (χ4n) is 3.79. The molecule has 2 aromatic carbocycles. The van der Waals surface area contributed by atoms with E-state index < -0.39 is 5.91 Å². The number of aromatic nitrogens is 5. The molecule has 0 aliphatic heterocycles. The highest BCUT2D eigenvalue weighted by Crippen LogP contribution is 2.33. The first kappa shape index (κ1) is 23.5. The van der Waals surface area contributed by atoms with Gasteiger partial charge in [0.15, 0.2) is 17.4 Å². The molecule has 0 spiro atoms. The number of benzene rings is 2. The Morgan fingerprint density at radius 1 is 1.11 bits per heavy atom. The minimum Gasteiger partial charge on any atom is -0.491 e. The van der Waals surface area contributed by atoms with Crippen molar-refractivity contribution in [2.24, 2.45) is 5.73 Å². The van der Waals surface area contributed by atoms with Crippen LogP contribution >= 0.6 is 23.2 Å². The summed E-state index contributed by atoms with van der Waals surface area (Å²) in [5.74, 6) is 0.712. The van der Waals surface area contributed by atoms with Gasteiger partial charge in [0, 0.05) is 34.1 Å². The molecule has 0 atom stereocenters. The van der Waals surface area contributed by atoms with Crippen LogP contribution < -0.4 is 15.8 Å². The number of carbonyl (C=O) groups excluding carboxylic acids is 1. The summed E-state index contributed by atoms with van der Waals surface area (Å²) in [6, 6.07) is 14.4. The average molecular weight is 520 g/mol. The Labute approximate surface area is 215 Å². The maximum absolute atomic E-state index is 11.8. The van der Waals surface area contributed by atoms with Crippen molar-refractivity contribution < 1.29 is 9.53 Å². The van der Waals surface area contributed by atoms with Crippen LogP contribution in [0.5, 0.6) is 5.75 Å². The zero-order valence-electron chi connectivity index (χ0n) is 18.9. The monoisotopic (exact) mass is 519 g/mol. The van der Waals surface area contributed by atoms with Crippen molar-refractivity contribution in [3.63, 3.8) is 0 Å². The number of rotatable bonds is 7. The largest absolute Gasteiger partial charge is 0.491 e. The summed E-state index contributed by atoms with van der Waals surface area (Å²) in [5.41, 5.74) is 8.36. The summed E-state index contributed by atoms with van der Waals surface area (Å²) in [5, 5.41) is 9.45. The third-order valence-corrected chi connectivity index (χ3v) is 6.33. The molecule has 5 aromatic rings. The van der Waals surface area contributed by atoms with Crippen LogP contribution in [0, 0.1) is 0 Å². The standard InChI is InChI=1S/C25H19Cl2N7O2/c1-36-20-12-30-25(32-24(20)31-14-8-10-29-11-9-14)22-15-4-2-3-5-19(15)34(33-22)13-17-18(26)7-6-16(21(17)27)23(28)35/h2-12H,13H2,1H3,(H2,28,35)(H,29,30,31,32). The van der Waals surface area contributed by atoms with E-state index >= 15 is 0 Å². The molecule has 0 bridgehead atoms. The Kier molecular flexibility index (Phi) is 6.41. The first-order valence-corrected chi connectivity index (χ1v) is 11.5. The predicted molar refractivity (Wildman–Crippen MR) is 139 cm³/mol. The molecule has 1 amide bonds. The number of carbonyl (C=O) groups is 1. The van der Waals surface area contributed by atoms with Crippen molar-refractivity contribution in [2.45, 2.75) is 6.54 Å². The Morgan fingerprint density at radius 3 is 2.64 bits per heavy atom. The lowest BCUT2D eigenvalue weighted by Gasteiger charge is -2.11. The van der Waals surface area contributed by atoms with Crippen LogP contribution in [0.15, 0.2) is 67.1 Å². The van der Waals surface area contributed by atoms with Crippen molar-refractivity contribution in [3.05, 3.63) is 88.3 Å². The van der Waals surface area contributed by atoms with E-state index in [1.165, 1.54) is 6.07 Å². The maximum Gasteiger partial charge on any atom is 0.250 e. The number of pyridine rings is 1. The number of methoxy groups -OCH3 is 1. The Balaban J connectivity index is 1.60. The second kappa shape index (κ2) is 9.80. The number of fused-ring (bicyclic) bond motifs is 1. The number of nitrogens with one attached hydrogen (secondary N) is 1. The first-order valence-electron chi connectivity index (χ1n) is 10.8. The first-order chi connectivity index (χ1) is 17.5. The number of nitrogens with two attached hydrogens (primary N) is 1. The molecular weight excluding hydrogens is 501 g/mol. The second-order valence-electron chi connectivity index (χ2n) is 7.75. The van der Waals surface area contributed by atoms with Crippen LogP contribution in [-0.4, -0.2) is 37.7 Å². The van der Waals surface area contributed by atoms with Gasteiger partial charge in [-0.1, -0.05) is 41.4 Å². The van der Waals surface area contributed by atoms with E-state index in [1.807, 2.05) is 36.4 Å². The van der Waals surface area contributed by atoms with Gasteiger partial charge < -0.3 is 15.8 Å². The number of halogens is 2. The molecule has 3 N–H and O–H groups in total. The quantitative estimate of drug-likeness (QED) is 0.307. The molecule has 3 heterocycles. The molecule has 0 radical (unpaired) electrons. The zero-order chi connectivity index (χ0) is 25.2. The van der Waals surface area contributed by atoms with Gasteiger partial charge in [-0.15, -0.1) is 0 Å². The smallest absolute Gasteiger partial charge is 0.250 e. The van der Waals surface area contributed by atoms with Gasteiger partial charge in [-0.25, -0.2) is 9.97 Å². The normalized spacial score (nSPS) is 11.0. The van der Waals surface area contributed by atoms with Gasteiger partial charge >= 0.3 is 0 Å². The molecule has 180 valence electrons. The fraction of sp³-hybridized carbons (Fsp3) is 0.0800. The topological polar surface area (TPSA) is 121 Å². The van der Waals surface area contributed by atoms with Crippen molar-refractivity contribution in [1.82, 2.24) is 24.7 Å². The summed E-state index contributed by atoms with van der Waals surface area (Å²) < 4.78 is 7.18. The summed E-state index contributed by atoms with van der Waals surface area (Å²) >= 11 is 12.9. The number of hydrogen-bond donors (Lipinski definition) is 2. The van der Waals surface area contributed by atoms with Crippen molar-refractivity contribution >= 4 is 51.5 Å². The molecule has 0 saturated carbocycles. The van der Waals surface area contributed by atoms with E-state index in [9.17, 15) is 4.79 Å². The number of para-hydroxylation sites is 1. The van der Waals surface area contributed by atoms with E-state index in [2.05, 4.69) is 15.3 Å². The molecular formula is C25H19Cl2N7O2. The van der Waals surface area contributed by atoms with Gasteiger partial charge in [-0.05, 0) is 30.3 Å². The molecule has 0 aliphatic carbocycles. The third kappa shape index (κ3) is 4.41. The fourth-order valence-corrected chi connectivity index (χ4v) is 4.37. The molecule has 3 aromatic heterocycles. The van der Waals surface area contributed by atoms with Crippen LogP contribution in [0.4, 0.5) is 11.5 Å². The van der Waals surface area contributed by atoms with Gasteiger partial charge in [0.25, 0.3) is 0 Å². The van der Waals surface area contributed by atoms with E-state index in [0.29, 0.717) is 33.7 Å². The number of amides is 1. The van der Waals surface area contributed by atoms with Crippen LogP contribution in [0.3, 0.4) is 0 Å². The Bertz CT molecular complexity index is 1590. The van der Waals surface area contributed by atoms with Crippen molar-refractivity contribution in [3.8, 4) is 17.3 Å². The van der Waals surface area contributed by atoms with E-state index in [1.54, 1.807) is 36.4 Å². The number of nitrogens with zero attached hydrogens (tertiary/aromatic N) is 5. The lowest BCUT2D eigenvalue weighted by Crippen LogP contribution is -2.13. The molecule has 0 saturated heterocycles. The minimum atomic E-state index is -0.634. The number of anilines is 2. The Morgan fingerprint density at radius 2 is 1.89 bits per heavy atom. The predicted octanol–water partition coefficient (Wildman–Crippen LogP) is 5.09. The summed E-state index contributed by atoms with van der Waals surface area (Å²) in [6.45, 7) is 0.206. The highest BCUT2D eigenvalue weighted by Gasteiger charge is 2.20. The molecule has 0 fully saturated rings. The van der Waals surface area contributed by atoms with Gasteiger partial charge in [-0.2, -0.15) is 5.10 Å². The minimum absolute atomic E-state index is 0.193. The molecule has 0 aliphatic rings. The molecule has 5 rings (SSSR count). The second-order valence-corrected chi connectivity index (χ2v) is 8.53. The molecule has 36 heavy (non-hydrogen) atoms. The van der Waals surface area contributed by atoms with Gasteiger partial charge in [0.2, 0.25) is 5.91 Å². The van der Waals surface area contributed by atoms with Gasteiger partial charge in [0.1, 0.15) is 5.69 Å². The summed E-state index contributed by atoms with van der Waals surface area (Å²) in [4.78, 5) is 25.0. The van der Waals surface area contributed by atoms with Crippen LogP contribution in [0.25, 0.3) is 22.4 Å². The average Bonchev–Trinajstić information content (AvgIpc) is 3.25. The highest BCUT2D eigenvalue weighted by atomic mass is 35.5. The van der Waals surface area contributed by atoms with Gasteiger partial charge in [0.05, 0.1) is 36.0 Å². The van der Waals surface area contributed by atoms with E-state index in [0.717, 1.165) is 16.6 Å². The zero-order valence-corrected chi connectivity index (χ0v) is 20.5. The number of hydrogen-bond acceptors (Lipinski definition) is 7. The van der Waals surface area contributed by atoms with Crippen molar-refractivity contribution in [2.75, 3.05) is 12.4 Å². The SMILES string of the molecule is COc1cnc(-c2nn(Cc3c(Cl)ccc(C(N)=O)c3Cl)c3ccccc23)nc1Nc1ccncc1. The highest BCUT2D eigenvalue weighted by molar-refractivity contribution is 6.38. The molecule has 11 heteroatoms. The third-order valence-electron chi connectivity index (χ3n) is 5.55. The summed E-state index contributed by atoms with van der Waals surface area (Å²) in [7, 11) is 1.55. The maximum atomic E-state index is 11.8. The van der Waals surface area contributed by atoms with Crippen molar-refractivity contribution in [1.29, 1.82) is 0 Å². The number of ether oxygens (including phenoxy) is 1. The van der Waals surface area contributed by atoms with Crippen LogP contribution in [0.1, 0.15) is 15.9 Å². The van der Waals surface area contributed by atoms with Gasteiger partial charge in [-0.3, -0.25) is 14.5 Å². The lowest BCUT2D eigenvalue weighted by molar-refractivity contribution is 0.100.